The number of pyridine rings is 1. The van der Waals surface area contributed by atoms with Crippen molar-refractivity contribution in [3.8, 4) is 17.2 Å². The Hall–Kier alpha value is -4.53. The van der Waals surface area contributed by atoms with Gasteiger partial charge in [-0.05, 0) is 54.3 Å². The SMILES string of the molecule is COc1cc(/C=C(\NC(=O)c2ccccc2)C(=O)N2C[C@H]3C[C@@H](C2)c2cccc(=O)n2C3)cc(OC)c1OC. The van der Waals surface area contributed by atoms with E-state index in [1.807, 2.05) is 16.7 Å². The topological polar surface area (TPSA) is 99.1 Å². The van der Waals surface area contributed by atoms with Crippen molar-refractivity contribution in [1.82, 2.24) is 14.8 Å². The average molecular weight is 530 g/mol. The first-order valence-electron chi connectivity index (χ1n) is 12.8. The first kappa shape index (κ1) is 26.1. The second-order valence-electron chi connectivity index (χ2n) is 9.75. The fraction of sp³-hybridized carbons (Fsp3) is 0.300. The quantitative estimate of drug-likeness (QED) is 0.472. The fourth-order valence-electron chi connectivity index (χ4n) is 5.52. The van der Waals surface area contributed by atoms with E-state index in [9.17, 15) is 14.4 Å². The van der Waals surface area contributed by atoms with Crippen LogP contribution in [0.4, 0.5) is 0 Å². The zero-order valence-electron chi connectivity index (χ0n) is 22.2. The van der Waals surface area contributed by atoms with E-state index in [1.54, 1.807) is 59.5 Å². The summed E-state index contributed by atoms with van der Waals surface area (Å²) in [5.41, 5.74) is 2.09. The van der Waals surface area contributed by atoms with Gasteiger partial charge in [-0.3, -0.25) is 14.4 Å². The van der Waals surface area contributed by atoms with E-state index in [0.29, 0.717) is 48.0 Å². The molecule has 0 spiro atoms. The Labute approximate surface area is 226 Å². The lowest BCUT2D eigenvalue weighted by Gasteiger charge is -2.43. The Morgan fingerprint density at radius 1 is 0.897 bits per heavy atom. The van der Waals surface area contributed by atoms with E-state index in [0.717, 1.165) is 12.1 Å². The largest absolute Gasteiger partial charge is 0.493 e. The van der Waals surface area contributed by atoms with E-state index < -0.39 is 5.91 Å². The second-order valence-corrected chi connectivity index (χ2v) is 9.75. The lowest BCUT2D eigenvalue weighted by Crippen LogP contribution is -2.50. The van der Waals surface area contributed by atoms with E-state index in [4.69, 9.17) is 14.2 Å². The summed E-state index contributed by atoms with van der Waals surface area (Å²) in [5, 5.41) is 2.84. The van der Waals surface area contributed by atoms with E-state index in [1.165, 1.54) is 21.3 Å². The number of nitrogens with one attached hydrogen (secondary N) is 1. The number of aromatic nitrogens is 1. The number of piperidine rings is 1. The van der Waals surface area contributed by atoms with Crippen LogP contribution in [0.15, 0.2) is 71.2 Å². The number of likely N-dealkylation sites (tertiary alicyclic amines) is 1. The summed E-state index contributed by atoms with van der Waals surface area (Å²) in [6.45, 7) is 1.51. The van der Waals surface area contributed by atoms with Crippen LogP contribution in [0.25, 0.3) is 6.08 Å². The molecular formula is C30H31N3O6. The van der Waals surface area contributed by atoms with E-state index in [-0.39, 0.29) is 29.0 Å². The van der Waals surface area contributed by atoms with Gasteiger partial charge in [-0.2, -0.15) is 0 Å². The minimum atomic E-state index is -0.392. The number of hydrogen-bond donors (Lipinski definition) is 1. The maximum absolute atomic E-state index is 14.0. The highest BCUT2D eigenvalue weighted by Gasteiger charge is 2.37. The molecule has 9 nitrogen and oxygen atoms in total. The van der Waals surface area contributed by atoms with Crippen LogP contribution in [0.3, 0.4) is 0 Å². The van der Waals surface area contributed by atoms with Crippen molar-refractivity contribution in [2.45, 2.75) is 18.9 Å². The minimum absolute atomic E-state index is 0.0138. The van der Waals surface area contributed by atoms with Crippen molar-refractivity contribution < 1.29 is 23.8 Å². The Bertz CT molecular complexity index is 1450. The van der Waals surface area contributed by atoms with Gasteiger partial charge >= 0.3 is 0 Å². The molecule has 2 amide bonds. The Morgan fingerprint density at radius 3 is 2.28 bits per heavy atom. The normalized spacial score (nSPS) is 18.1. The summed E-state index contributed by atoms with van der Waals surface area (Å²) in [6.07, 6.45) is 2.53. The number of ether oxygens (including phenoxy) is 3. The average Bonchev–Trinajstić information content (AvgIpc) is 2.96. The fourth-order valence-corrected chi connectivity index (χ4v) is 5.52. The molecule has 2 atom stereocenters. The number of fused-ring (bicyclic) bond motifs is 4. The highest BCUT2D eigenvalue weighted by atomic mass is 16.5. The Balaban J connectivity index is 1.51. The monoisotopic (exact) mass is 529 g/mol. The van der Waals surface area contributed by atoms with Gasteiger partial charge in [-0.15, -0.1) is 0 Å². The number of amides is 2. The predicted molar refractivity (Wildman–Crippen MR) is 146 cm³/mol. The lowest BCUT2D eigenvalue weighted by atomic mass is 9.83. The molecule has 1 N–H and O–H groups in total. The third kappa shape index (κ3) is 5.25. The number of rotatable bonds is 7. The van der Waals surface area contributed by atoms with Gasteiger partial charge in [0, 0.05) is 42.9 Å². The van der Waals surface area contributed by atoms with Crippen LogP contribution in [-0.2, 0) is 11.3 Å². The van der Waals surface area contributed by atoms with Crippen molar-refractivity contribution in [1.29, 1.82) is 0 Å². The minimum Gasteiger partial charge on any atom is -0.493 e. The summed E-state index contributed by atoms with van der Waals surface area (Å²) in [6, 6.07) is 17.5. The maximum atomic E-state index is 14.0. The Kier molecular flexibility index (Phi) is 7.40. The van der Waals surface area contributed by atoms with Crippen LogP contribution in [-0.4, -0.2) is 55.7 Å². The summed E-state index contributed by atoms with van der Waals surface area (Å²) in [4.78, 5) is 41.3. The summed E-state index contributed by atoms with van der Waals surface area (Å²) < 4.78 is 18.2. The van der Waals surface area contributed by atoms with Gasteiger partial charge in [0.1, 0.15) is 5.70 Å². The molecule has 2 aromatic carbocycles. The second kappa shape index (κ2) is 11.1. The smallest absolute Gasteiger partial charge is 0.270 e. The number of carbonyl (C=O) groups is 2. The molecule has 9 heteroatoms. The van der Waals surface area contributed by atoms with Gasteiger partial charge in [0.05, 0.1) is 21.3 Å². The van der Waals surface area contributed by atoms with Crippen molar-refractivity contribution in [3.05, 3.63) is 93.5 Å². The molecule has 0 unspecified atom stereocenters. The molecule has 2 bridgehead atoms. The third-order valence-corrected chi connectivity index (χ3v) is 7.28. The van der Waals surface area contributed by atoms with Crippen LogP contribution >= 0.6 is 0 Å². The van der Waals surface area contributed by atoms with Crippen LogP contribution in [0.2, 0.25) is 0 Å². The molecule has 0 radical (unpaired) electrons. The van der Waals surface area contributed by atoms with Crippen LogP contribution in [0.5, 0.6) is 17.2 Å². The summed E-state index contributed by atoms with van der Waals surface area (Å²) >= 11 is 0. The summed E-state index contributed by atoms with van der Waals surface area (Å²) in [5.74, 6) is 0.787. The highest BCUT2D eigenvalue weighted by Crippen LogP contribution is 2.39. The van der Waals surface area contributed by atoms with E-state index >= 15 is 0 Å². The zero-order chi connectivity index (χ0) is 27.5. The van der Waals surface area contributed by atoms with Crippen LogP contribution in [0, 0.1) is 5.92 Å². The van der Waals surface area contributed by atoms with Crippen molar-refractivity contribution in [2.24, 2.45) is 5.92 Å². The number of carbonyl (C=O) groups excluding carboxylic acids is 2. The van der Waals surface area contributed by atoms with Crippen LogP contribution in [0.1, 0.15) is 34.0 Å². The van der Waals surface area contributed by atoms with Gasteiger partial charge in [0.15, 0.2) is 11.5 Å². The molecule has 1 saturated heterocycles. The first-order chi connectivity index (χ1) is 18.9. The van der Waals surface area contributed by atoms with Gasteiger partial charge in [-0.25, -0.2) is 0 Å². The molecule has 0 saturated carbocycles. The molecule has 202 valence electrons. The molecule has 1 aromatic heterocycles. The lowest BCUT2D eigenvalue weighted by molar-refractivity contribution is -0.130. The number of benzene rings is 2. The van der Waals surface area contributed by atoms with Gasteiger partial charge in [-0.1, -0.05) is 24.3 Å². The molecule has 2 aliphatic rings. The molecule has 2 aliphatic heterocycles. The van der Waals surface area contributed by atoms with Crippen molar-refractivity contribution in [2.75, 3.05) is 34.4 Å². The highest BCUT2D eigenvalue weighted by molar-refractivity contribution is 6.05. The molecular weight excluding hydrogens is 498 g/mol. The number of nitrogens with zero attached hydrogens (tertiary/aromatic N) is 2. The number of methoxy groups -OCH3 is 3. The molecule has 3 heterocycles. The molecule has 3 aromatic rings. The van der Waals surface area contributed by atoms with Gasteiger partial charge in [0.25, 0.3) is 17.4 Å². The zero-order valence-corrected chi connectivity index (χ0v) is 22.2. The Morgan fingerprint density at radius 2 is 1.62 bits per heavy atom. The maximum Gasteiger partial charge on any atom is 0.270 e. The van der Waals surface area contributed by atoms with Gasteiger partial charge in [0.2, 0.25) is 5.75 Å². The molecule has 39 heavy (non-hydrogen) atoms. The first-order valence-corrected chi connectivity index (χ1v) is 12.8. The third-order valence-electron chi connectivity index (χ3n) is 7.28. The molecule has 1 fully saturated rings. The van der Waals surface area contributed by atoms with Gasteiger partial charge < -0.3 is 29.0 Å². The molecule has 0 aliphatic carbocycles. The van der Waals surface area contributed by atoms with Crippen molar-refractivity contribution >= 4 is 17.9 Å². The number of hydrogen-bond acceptors (Lipinski definition) is 6. The van der Waals surface area contributed by atoms with Crippen LogP contribution < -0.4 is 25.1 Å². The predicted octanol–water partition coefficient (Wildman–Crippen LogP) is 3.29. The van der Waals surface area contributed by atoms with E-state index in [2.05, 4.69) is 5.32 Å². The standard InChI is InChI=1S/C30H31N3O6/c1-37-25-14-19(15-26(38-2)28(25)39-3)13-23(31-29(35)21-8-5-4-6-9-21)30(36)32-16-20-12-22(18-32)24-10-7-11-27(34)33(24)17-20/h4-11,13-15,20,22H,12,16-18H2,1-3H3,(H,31,35)/b23-13-/t20-,22+/m1/s1. The summed E-state index contributed by atoms with van der Waals surface area (Å²) in [7, 11) is 4.55. The molecule has 5 rings (SSSR count). The van der Waals surface area contributed by atoms with Crippen molar-refractivity contribution in [3.63, 3.8) is 0 Å².